The van der Waals surface area contributed by atoms with Gasteiger partial charge in [0.2, 0.25) is 5.91 Å². The molecule has 1 aliphatic heterocycles. The van der Waals surface area contributed by atoms with Crippen molar-refractivity contribution >= 4 is 23.9 Å². The van der Waals surface area contributed by atoms with Crippen LogP contribution < -0.4 is 4.74 Å². The van der Waals surface area contributed by atoms with E-state index in [9.17, 15) is 14.4 Å². The lowest BCUT2D eigenvalue weighted by atomic mass is 10.1. The van der Waals surface area contributed by atoms with E-state index in [1.54, 1.807) is 46.2 Å². The van der Waals surface area contributed by atoms with E-state index in [2.05, 4.69) is 0 Å². The highest BCUT2D eigenvalue weighted by atomic mass is 16.5. The Labute approximate surface area is 170 Å². The van der Waals surface area contributed by atoms with E-state index in [1.807, 2.05) is 31.2 Å². The van der Waals surface area contributed by atoms with Gasteiger partial charge in [-0.05, 0) is 36.8 Å². The highest BCUT2D eigenvalue weighted by Gasteiger charge is 2.24. The summed E-state index contributed by atoms with van der Waals surface area (Å²) in [6, 6.07) is 14.5. The number of ether oxygens (including phenoxy) is 1. The van der Waals surface area contributed by atoms with Crippen molar-refractivity contribution in [1.29, 1.82) is 0 Å². The number of hydrogen-bond donors (Lipinski definition) is 0. The summed E-state index contributed by atoms with van der Waals surface area (Å²) in [6.45, 7) is 5.21. The van der Waals surface area contributed by atoms with Crippen LogP contribution in [-0.2, 0) is 9.59 Å². The predicted octanol–water partition coefficient (Wildman–Crippen LogP) is 2.92. The molecule has 3 rings (SSSR count). The summed E-state index contributed by atoms with van der Waals surface area (Å²) < 4.78 is 5.04. The first-order valence-corrected chi connectivity index (χ1v) is 9.54. The van der Waals surface area contributed by atoms with Crippen LogP contribution in [0.3, 0.4) is 0 Å². The summed E-state index contributed by atoms with van der Waals surface area (Å²) in [5, 5.41) is 0. The third kappa shape index (κ3) is 5.54. The number of hydrogen-bond acceptors (Lipinski definition) is 4. The third-order valence-electron chi connectivity index (χ3n) is 4.72. The van der Waals surface area contributed by atoms with Gasteiger partial charge in [-0.2, -0.15) is 0 Å². The maximum absolute atomic E-state index is 12.7. The van der Waals surface area contributed by atoms with E-state index in [0.717, 1.165) is 5.56 Å². The molecule has 6 nitrogen and oxygen atoms in total. The van der Waals surface area contributed by atoms with Crippen LogP contribution in [0.15, 0.2) is 54.6 Å². The van der Waals surface area contributed by atoms with Crippen molar-refractivity contribution in [2.75, 3.05) is 26.2 Å². The molecule has 1 saturated heterocycles. The van der Waals surface area contributed by atoms with Crippen LogP contribution in [0.2, 0.25) is 0 Å². The number of benzene rings is 2. The molecule has 6 heteroatoms. The molecule has 0 aromatic heterocycles. The summed E-state index contributed by atoms with van der Waals surface area (Å²) in [4.78, 5) is 39.7. The van der Waals surface area contributed by atoms with Crippen LogP contribution in [0.25, 0.3) is 6.08 Å². The first-order chi connectivity index (χ1) is 13.9. The van der Waals surface area contributed by atoms with Crippen LogP contribution in [0.5, 0.6) is 5.75 Å². The van der Waals surface area contributed by atoms with Crippen LogP contribution in [0.1, 0.15) is 28.4 Å². The van der Waals surface area contributed by atoms with E-state index in [-0.39, 0.29) is 11.8 Å². The smallest absolute Gasteiger partial charge is 0.308 e. The zero-order valence-electron chi connectivity index (χ0n) is 16.6. The molecule has 2 amide bonds. The minimum absolute atomic E-state index is 0.0606. The number of rotatable bonds is 4. The lowest BCUT2D eigenvalue weighted by molar-refractivity contribution is -0.132. The van der Waals surface area contributed by atoms with E-state index >= 15 is 0 Å². The summed E-state index contributed by atoms with van der Waals surface area (Å²) in [5.41, 5.74) is 2.61. The summed E-state index contributed by atoms with van der Waals surface area (Å²) in [6.07, 6.45) is 3.38. The highest BCUT2D eigenvalue weighted by molar-refractivity contribution is 5.95. The Balaban J connectivity index is 1.55. The van der Waals surface area contributed by atoms with Gasteiger partial charge in [-0.1, -0.05) is 35.9 Å². The molecule has 0 N–H and O–H groups in total. The maximum Gasteiger partial charge on any atom is 0.308 e. The molecule has 1 heterocycles. The van der Waals surface area contributed by atoms with Gasteiger partial charge in [0.1, 0.15) is 5.75 Å². The molecular weight excluding hydrogens is 368 g/mol. The quantitative estimate of drug-likeness (QED) is 0.456. The zero-order valence-corrected chi connectivity index (χ0v) is 16.6. The molecule has 0 atom stereocenters. The number of esters is 1. The standard InChI is InChI=1S/C23H24N2O4/c1-17-6-8-19(9-7-17)10-11-22(27)24-12-14-25(15-13-24)23(28)20-4-3-5-21(16-20)29-18(2)26/h3-11,16H,12-15H2,1-2H3/b11-10+. The molecule has 0 unspecified atom stereocenters. The van der Waals surface area contributed by atoms with Crippen molar-refractivity contribution in [3.63, 3.8) is 0 Å². The first kappa shape index (κ1) is 20.3. The van der Waals surface area contributed by atoms with Gasteiger partial charge in [0.25, 0.3) is 5.91 Å². The molecule has 0 spiro atoms. The van der Waals surface area contributed by atoms with Gasteiger partial charge in [0, 0.05) is 44.7 Å². The minimum Gasteiger partial charge on any atom is -0.427 e. The SMILES string of the molecule is CC(=O)Oc1cccc(C(=O)N2CCN(C(=O)/C=C/c3ccc(C)cc3)CC2)c1. The van der Waals surface area contributed by atoms with E-state index in [1.165, 1.54) is 12.5 Å². The maximum atomic E-state index is 12.7. The summed E-state index contributed by atoms with van der Waals surface area (Å²) in [5.74, 6) is -0.283. The Morgan fingerprint density at radius 1 is 0.931 bits per heavy atom. The molecule has 1 aliphatic rings. The lowest BCUT2D eigenvalue weighted by Gasteiger charge is -2.34. The number of aryl methyl sites for hydroxylation is 1. The van der Waals surface area contributed by atoms with Crippen molar-refractivity contribution in [3.05, 3.63) is 71.3 Å². The van der Waals surface area contributed by atoms with Gasteiger partial charge in [-0.3, -0.25) is 14.4 Å². The van der Waals surface area contributed by atoms with E-state index < -0.39 is 5.97 Å². The van der Waals surface area contributed by atoms with Gasteiger partial charge < -0.3 is 14.5 Å². The molecule has 0 radical (unpaired) electrons. The lowest BCUT2D eigenvalue weighted by Crippen LogP contribution is -2.50. The molecule has 2 aromatic rings. The van der Waals surface area contributed by atoms with Crippen molar-refractivity contribution in [1.82, 2.24) is 9.80 Å². The highest BCUT2D eigenvalue weighted by Crippen LogP contribution is 2.16. The van der Waals surface area contributed by atoms with Gasteiger partial charge in [-0.15, -0.1) is 0 Å². The molecule has 0 bridgehead atoms. The zero-order chi connectivity index (χ0) is 20.8. The average Bonchev–Trinajstić information content (AvgIpc) is 2.72. The second-order valence-electron chi connectivity index (χ2n) is 6.98. The molecule has 1 fully saturated rings. The first-order valence-electron chi connectivity index (χ1n) is 9.54. The number of nitrogens with zero attached hydrogens (tertiary/aromatic N) is 2. The molecule has 150 valence electrons. The topological polar surface area (TPSA) is 66.9 Å². The predicted molar refractivity (Wildman–Crippen MR) is 110 cm³/mol. The summed E-state index contributed by atoms with van der Waals surface area (Å²) >= 11 is 0. The largest absolute Gasteiger partial charge is 0.427 e. The second-order valence-corrected chi connectivity index (χ2v) is 6.98. The fourth-order valence-corrected chi connectivity index (χ4v) is 3.12. The molecular formula is C23H24N2O4. The Morgan fingerprint density at radius 2 is 1.59 bits per heavy atom. The van der Waals surface area contributed by atoms with Crippen LogP contribution in [-0.4, -0.2) is 53.8 Å². The normalized spacial score (nSPS) is 14.1. The Kier molecular flexibility index (Phi) is 6.44. The molecule has 29 heavy (non-hydrogen) atoms. The fraction of sp³-hybridized carbons (Fsp3) is 0.261. The molecule has 0 aliphatic carbocycles. The Bertz CT molecular complexity index is 926. The number of carbonyl (C=O) groups excluding carboxylic acids is 3. The Morgan fingerprint density at radius 3 is 2.24 bits per heavy atom. The van der Waals surface area contributed by atoms with Gasteiger partial charge in [-0.25, -0.2) is 0 Å². The van der Waals surface area contributed by atoms with Crippen molar-refractivity contribution in [2.24, 2.45) is 0 Å². The van der Waals surface area contributed by atoms with Gasteiger partial charge in [0.15, 0.2) is 0 Å². The fourth-order valence-electron chi connectivity index (χ4n) is 3.12. The van der Waals surface area contributed by atoms with Gasteiger partial charge in [0.05, 0.1) is 0 Å². The van der Waals surface area contributed by atoms with Crippen molar-refractivity contribution in [2.45, 2.75) is 13.8 Å². The van der Waals surface area contributed by atoms with Crippen LogP contribution in [0, 0.1) is 6.92 Å². The minimum atomic E-state index is -0.430. The third-order valence-corrected chi connectivity index (χ3v) is 4.72. The van der Waals surface area contributed by atoms with E-state index in [4.69, 9.17) is 4.74 Å². The Hall–Kier alpha value is -3.41. The number of amides is 2. The number of carbonyl (C=O) groups is 3. The van der Waals surface area contributed by atoms with Crippen molar-refractivity contribution in [3.8, 4) is 5.75 Å². The number of piperazine rings is 1. The summed E-state index contributed by atoms with van der Waals surface area (Å²) in [7, 11) is 0. The van der Waals surface area contributed by atoms with Crippen molar-refractivity contribution < 1.29 is 19.1 Å². The second kappa shape index (κ2) is 9.19. The molecule has 0 saturated carbocycles. The van der Waals surface area contributed by atoms with Crippen LogP contribution in [0.4, 0.5) is 0 Å². The average molecular weight is 392 g/mol. The molecule has 2 aromatic carbocycles. The van der Waals surface area contributed by atoms with E-state index in [0.29, 0.717) is 37.5 Å². The van der Waals surface area contributed by atoms with Crippen LogP contribution >= 0.6 is 0 Å². The van der Waals surface area contributed by atoms with Gasteiger partial charge >= 0.3 is 5.97 Å². The monoisotopic (exact) mass is 392 g/mol.